The van der Waals surface area contributed by atoms with Gasteiger partial charge in [-0.25, -0.2) is 4.79 Å². The van der Waals surface area contributed by atoms with Crippen molar-refractivity contribution in [2.24, 2.45) is 0 Å². The highest BCUT2D eigenvalue weighted by molar-refractivity contribution is 5.84. The molecule has 0 saturated carbocycles. The molecule has 7 heteroatoms. The van der Waals surface area contributed by atoms with E-state index >= 15 is 0 Å². The first-order valence-electron chi connectivity index (χ1n) is 15.8. The molecule has 1 spiro atoms. The molecule has 2 aliphatic rings. The van der Waals surface area contributed by atoms with Crippen LogP contribution < -0.4 is 29.6 Å². The maximum Gasteiger partial charge on any atom is 0.336 e. The summed E-state index contributed by atoms with van der Waals surface area (Å²) in [6, 6.07) is 28.4. The fourth-order valence-electron chi connectivity index (χ4n) is 7.31. The summed E-state index contributed by atoms with van der Waals surface area (Å²) in [5.74, 6) is 2.95. The quantitative estimate of drug-likeness (QED) is 0.166. The minimum Gasteiger partial charge on any atom is -0.497 e. The number of nitrogens with zero attached hydrogens (tertiary/aromatic N) is 2. The van der Waals surface area contributed by atoms with Crippen LogP contribution in [0.1, 0.15) is 56.1 Å². The smallest absolute Gasteiger partial charge is 0.336 e. The van der Waals surface area contributed by atoms with Crippen LogP contribution in [0.5, 0.6) is 23.0 Å². The lowest BCUT2D eigenvalue weighted by Gasteiger charge is -2.41. The third-order valence-electron chi connectivity index (χ3n) is 9.47. The van der Waals surface area contributed by atoms with Gasteiger partial charge in [0.05, 0.1) is 12.5 Å². The number of hydrogen-bond acceptors (Lipinski definition) is 7. The highest BCUT2D eigenvalue weighted by atomic mass is 16.5. The molecule has 7 rings (SSSR count). The van der Waals surface area contributed by atoms with Crippen LogP contribution in [0.25, 0.3) is 11.0 Å². The number of hydrogen-bond donors (Lipinski definition) is 0. The first-order valence-corrected chi connectivity index (χ1v) is 15.8. The molecule has 0 amide bonds. The van der Waals surface area contributed by atoms with Crippen molar-refractivity contribution in [3.63, 3.8) is 0 Å². The van der Waals surface area contributed by atoms with E-state index in [4.69, 9.17) is 18.6 Å². The zero-order valence-corrected chi connectivity index (χ0v) is 26.4. The predicted octanol–water partition coefficient (Wildman–Crippen LogP) is 8.07. The van der Waals surface area contributed by atoms with Crippen molar-refractivity contribution in [2.75, 3.05) is 43.1 Å². The Labute approximate surface area is 263 Å². The van der Waals surface area contributed by atoms with Crippen LogP contribution in [-0.2, 0) is 5.41 Å². The number of rotatable bonds is 8. The van der Waals surface area contributed by atoms with Crippen LogP contribution in [-0.4, -0.2) is 33.3 Å². The minimum atomic E-state index is -0.816. The van der Waals surface area contributed by atoms with Gasteiger partial charge in [-0.2, -0.15) is 0 Å². The zero-order valence-electron chi connectivity index (χ0n) is 26.4. The molecule has 7 nitrogen and oxygen atoms in total. The average Bonchev–Trinajstić information content (AvgIpc) is 3.40. The lowest BCUT2D eigenvalue weighted by molar-refractivity contribution is 0.183. The van der Waals surface area contributed by atoms with Crippen molar-refractivity contribution < 1.29 is 18.6 Å². The van der Waals surface area contributed by atoms with Gasteiger partial charge in [0.15, 0.2) is 0 Å². The third kappa shape index (κ3) is 4.36. The lowest BCUT2D eigenvalue weighted by atomic mass is 9.63. The molecule has 0 saturated heterocycles. The van der Waals surface area contributed by atoms with E-state index in [1.165, 1.54) is 0 Å². The van der Waals surface area contributed by atoms with Gasteiger partial charge < -0.3 is 28.4 Å². The molecule has 3 heterocycles. The summed E-state index contributed by atoms with van der Waals surface area (Å²) in [7, 11) is 1.60. The van der Waals surface area contributed by atoms with Crippen molar-refractivity contribution in [2.45, 2.75) is 39.2 Å². The van der Waals surface area contributed by atoms with E-state index in [-0.39, 0.29) is 0 Å². The molecular formula is C38H38N2O5. The zero-order chi connectivity index (χ0) is 31.3. The van der Waals surface area contributed by atoms with Gasteiger partial charge in [0.25, 0.3) is 0 Å². The molecule has 1 atom stereocenters. The SMILES string of the molecule is CCN(CC)c1ccc2c(c1)Oc1cc(N(CC)CC)ccc1C21c2ccccc2OC1c1cc(=O)oc2cc(OC)ccc12. The second-order valence-corrected chi connectivity index (χ2v) is 11.5. The highest BCUT2D eigenvalue weighted by Gasteiger charge is 2.57. The number of anilines is 2. The van der Waals surface area contributed by atoms with E-state index in [0.717, 1.165) is 82.4 Å². The van der Waals surface area contributed by atoms with E-state index < -0.39 is 17.1 Å². The number of fused-ring (bicyclic) bond motifs is 7. The van der Waals surface area contributed by atoms with E-state index in [9.17, 15) is 4.79 Å². The van der Waals surface area contributed by atoms with Crippen molar-refractivity contribution in [3.8, 4) is 23.0 Å². The van der Waals surface area contributed by atoms with Crippen molar-refractivity contribution in [1.29, 1.82) is 0 Å². The number of ether oxygens (including phenoxy) is 3. The summed E-state index contributed by atoms with van der Waals surface area (Å²) in [6.07, 6.45) is -0.588. The monoisotopic (exact) mass is 602 g/mol. The molecule has 4 aromatic carbocycles. The largest absolute Gasteiger partial charge is 0.497 e. The van der Waals surface area contributed by atoms with Crippen molar-refractivity contribution in [1.82, 2.24) is 0 Å². The third-order valence-corrected chi connectivity index (χ3v) is 9.47. The molecule has 0 N–H and O–H groups in total. The number of para-hydroxylation sites is 1. The predicted molar refractivity (Wildman–Crippen MR) is 179 cm³/mol. The van der Waals surface area contributed by atoms with Gasteiger partial charge in [0.1, 0.15) is 34.7 Å². The Morgan fingerprint density at radius 3 is 1.91 bits per heavy atom. The lowest BCUT2D eigenvalue weighted by Crippen LogP contribution is -2.38. The number of methoxy groups -OCH3 is 1. The first kappa shape index (κ1) is 28.8. The molecule has 1 aromatic heterocycles. The van der Waals surface area contributed by atoms with Crippen LogP contribution in [0, 0.1) is 0 Å². The Hall–Kier alpha value is -4.91. The van der Waals surface area contributed by atoms with Gasteiger partial charge in [-0.1, -0.05) is 30.3 Å². The molecule has 45 heavy (non-hydrogen) atoms. The second kappa shape index (κ2) is 11.2. The van der Waals surface area contributed by atoms with Gasteiger partial charge in [-0.3, -0.25) is 0 Å². The summed E-state index contributed by atoms with van der Waals surface area (Å²) in [5.41, 5.74) is 5.15. The molecule has 0 bridgehead atoms. The Balaban J connectivity index is 1.57. The van der Waals surface area contributed by atoms with Crippen molar-refractivity contribution in [3.05, 3.63) is 118 Å². The van der Waals surface area contributed by atoms with Gasteiger partial charge in [0, 0.05) is 89.5 Å². The fraction of sp³-hybridized carbons (Fsp3) is 0.289. The van der Waals surface area contributed by atoms with Gasteiger partial charge in [-0.05, 0) is 58.0 Å². The van der Waals surface area contributed by atoms with E-state index in [1.54, 1.807) is 19.2 Å². The van der Waals surface area contributed by atoms with Crippen LogP contribution in [0.15, 0.2) is 94.1 Å². The second-order valence-electron chi connectivity index (χ2n) is 11.5. The van der Waals surface area contributed by atoms with Crippen LogP contribution in [0.4, 0.5) is 11.4 Å². The minimum absolute atomic E-state index is 0.443. The Bertz CT molecular complexity index is 1900. The molecule has 2 aliphatic heterocycles. The maximum absolute atomic E-state index is 13.2. The summed E-state index contributed by atoms with van der Waals surface area (Å²) in [4.78, 5) is 17.8. The maximum atomic E-state index is 13.2. The average molecular weight is 603 g/mol. The molecule has 230 valence electrons. The Morgan fingerprint density at radius 2 is 1.31 bits per heavy atom. The van der Waals surface area contributed by atoms with Crippen LogP contribution >= 0.6 is 0 Å². The van der Waals surface area contributed by atoms with E-state index in [0.29, 0.717) is 11.3 Å². The van der Waals surface area contributed by atoms with Gasteiger partial charge in [-0.15, -0.1) is 0 Å². The normalized spacial score (nSPS) is 15.5. The molecule has 0 radical (unpaired) electrons. The summed E-state index contributed by atoms with van der Waals surface area (Å²) in [6.45, 7) is 12.2. The molecule has 5 aromatic rings. The first-order chi connectivity index (χ1) is 22.0. The van der Waals surface area contributed by atoms with Crippen LogP contribution in [0.3, 0.4) is 0 Å². The standard InChI is InChI=1S/C38H38N2O5/c1-6-39(7-2)24-14-18-30-34(20-24)43-35-21-25(40(8-3)9-4)15-19-31(35)38(30)29-12-10-11-13-32(29)45-37(38)28-23-36(41)44-33-22-26(42-5)16-17-27(28)33/h10-23,37H,6-9H2,1-5H3. The molecular weight excluding hydrogens is 564 g/mol. The molecule has 1 unspecified atom stereocenters. The number of benzene rings is 4. The summed E-state index contributed by atoms with van der Waals surface area (Å²) >= 11 is 0. The van der Waals surface area contributed by atoms with Gasteiger partial charge in [0.2, 0.25) is 0 Å². The topological polar surface area (TPSA) is 64.4 Å². The summed E-state index contributed by atoms with van der Waals surface area (Å²) < 4.78 is 25.0. The van der Waals surface area contributed by atoms with E-state index in [1.807, 2.05) is 24.3 Å². The fourth-order valence-corrected chi connectivity index (χ4v) is 7.31. The van der Waals surface area contributed by atoms with Crippen molar-refractivity contribution >= 4 is 22.3 Å². The summed E-state index contributed by atoms with van der Waals surface area (Å²) in [5, 5.41) is 0.793. The Morgan fingerprint density at radius 1 is 0.711 bits per heavy atom. The van der Waals surface area contributed by atoms with Gasteiger partial charge >= 0.3 is 5.63 Å². The van der Waals surface area contributed by atoms with Crippen LogP contribution in [0.2, 0.25) is 0 Å². The molecule has 0 fully saturated rings. The highest BCUT2D eigenvalue weighted by Crippen LogP contribution is 2.64. The van der Waals surface area contributed by atoms with E-state index in [2.05, 4.69) is 86.0 Å². The molecule has 0 aliphatic carbocycles. The Kier molecular flexibility index (Phi) is 7.19.